The van der Waals surface area contributed by atoms with Crippen LogP contribution in [0.1, 0.15) is 0 Å². The van der Waals surface area contributed by atoms with E-state index in [1.165, 1.54) is 18.2 Å². The van der Waals surface area contributed by atoms with Crippen LogP contribution in [0.25, 0.3) is 0 Å². The summed E-state index contributed by atoms with van der Waals surface area (Å²) in [5.74, 6) is -1.79. The van der Waals surface area contributed by atoms with Gasteiger partial charge in [0.2, 0.25) is 5.76 Å². The number of hydrogen-bond donors (Lipinski definition) is 4. The number of halogens is 1. The minimum atomic E-state index is -0.766. The van der Waals surface area contributed by atoms with Crippen LogP contribution in [0.15, 0.2) is 35.7 Å². The summed E-state index contributed by atoms with van der Waals surface area (Å²) in [6.45, 7) is 2.64. The Labute approximate surface area is 121 Å². The standard InChI is InChI=1S/C14H17FN4O2/c15-10-2-1-3-11(8-10)18-14(21)13(20)12(9-16)19-6-4-17-5-7-19/h1-3,8-9,16-17,20H,4-7H2,(H,18,21)/b13-12-,16-9?. The van der Waals surface area contributed by atoms with E-state index in [0.29, 0.717) is 13.1 Å². The predicted octanol–water partition coefficient (Wildman–Crippen LogP) is 1.09. The van der Waals surface area contributed by atoms with Crippen LogP contribution in [-0.4, -0.2) is 48.3 Å². The molecule has 1 heterocycles. The topological polar surface area (TPSA) is 88.4 Å². The molecule has 0 radical (unpaired) electrons. The van der Waals surface area contributed by atoms with E-state index in [0.717, 1.165) is 25.4 Å². The molecular formula is C14H17FN4O2. The lowest BCUT2D eigenvalue weighted by Gasteiger charge is -2.30. The first kappa shape index (κ1) is 15.0. The number of nitrogens with zero attached hydrogens (tertiary/aromatic N) is 1. The summed E-state index contributed by atoms with van der Waals surface area (Å²) in [4.78, 5) is 13.7. The van der Waals surface area contributed by atoms with Crippen LogP contribution in [0.2, 0.25) is 0 Å². The molecule has 6 nitrogen and oxygen atoms in total. The molecule has 1 fully saturated rings. The number of rotatable bonds is 4. The normalized spacial score (nSPS) is 16.1. The number of aliphatic hydroxyl groups excluding tert-OH is 1. The smallest absolute Gasteiger partial charge is 0.292 e. The Morgan fingerprint density at radius 2 is 2.14 bits per heavy atom. The van der Waals surface area contributed by atoms with Gasteiger partial charge < -0.3 is 26.0 Å². The van der Waals surface area contributed by atoms with Gasteiger partial charge in [0.25, 0.3) is 5.91 Å². The highest BCUT2D eigenvalue weighted by Gasteiger charge is 2.20. The fourth-order valence-electron chi connectivity index (χ4n) is 2.09. The zero-order valence-electron chi connectivity index (χ0n) is 11.4. The maximum Gasteiger partial charge on any atom is 0.292 e. The van der Waals surface area contributed by atoms with E-state index in [2.05, 4.69) is 10.6 Å². The van der Waals surface area contributed by atoms with Crippen LogP contribution in [0.5, 0.6) is 0 Å². The molecule has 112 valence electrons. The second kappa shape index (κ2) is 6.85. The van der Waals surface area contributed by atoms with Gasteiger partial charge in [0.15, 0.2) is 0 Å². The summed E-state index contributed by atoms with van der Waals surface area (Å²) in [7, 11) is 0. The first-order chi connectivity index (χ1) is 10.1. The van der Waals surface area contributed by atoms with Gasteiger partial charge in [-0.3, -0.25) is 4.79 Å². The number of aliphatic hydroxyl groups is 1. The molecule has 0 atom stereocenters. The molecule has 1 aromatic carbocycles. The van der Waals surface area contributed by atoms with Crippen LogP contribution in [0.4, 0.5) is 10.1 Å². The first-order valence-corrected chi connectivity index (χ1v) is 6.58. The Bertz CT molecular complexity index is 568. The molecular weight excluding hydrogens is 275 g/mol. The number of benzene rings is 1. The zero-order chi connectivity index (χ0) is 15.2. The van der Waals surface area contributed by atoms with Crippen LogP contribution in [0, 0.1) is 11.2 Å². The molecule has 0 saturated carbocycles. The highest BCUT2D eigenvalue weighted by atomic mass is 19.1. The van der Waals surface area contributed by atoms with Crippen molar-refractivity contribution in [1.82, 2.24) is 10.2 Å². The Morgan fingerprint density at radius 1 is 1.43 bits per heavy atom. The van der Waals surface area contributed by atoms with Crippen molar-refractivity contribution in [1.29, 1.82) is 5.41 Å². The van der Waals surface area contributed by atoms with E-state index in [4.69, 9.17) is 5.41 Å². The number of nitrogens with one attached hydrogen (secondary N) is 3. The van der Waals surface area contributed by atoms with E-state index in [9.17, 15) is 14.3 Å². The summed E-state index contributed by atoms with van der Waals surface area (Å²) < 4.78 is 13.1. The maximum absolute atomic E-state index is 13.1. The minimum absolute atomic E-state index is 0.158. The lowest BCUT2D eigenvalue weighted by molar-refractivity contribution is -0.115. The molecule has 1 amide bonds. The monoisotopic (exact) mass is 292 g/mol. The Kier molecular flexibility index (Phi) is 4.89. The molecule has 7 heteroatoms. The third-order valence-corrected chi connectivity index (χ3v) is 3.13. The summed E-state index contributed by atoms with van der Waals surface area (Å²) in [6.07, 6.45) is 0.950. The fraction of sp³-hybridized carbons (Fsp3) is 0.286. The number of anilines is 1. The van der Waals surface area contributed by atoms with Gasteiger partial charge in [-0.05, 0) is 18.2 Å². The van der Waals surface area contributed by atoms with Crippen molar-refractivity contribution in [3.05, 3.63) is 41.5 Å². The molecule has 0 aliphatic carbocycles. The molecule has 2 rings (SSSR count). The lowest BCUT2D eigenvalue weighted by Crippen LogP contribution is -2.44. The van der Waals surface area contributed by atoms with Gasteiger partial charge in [-0.15, -0.1) is 0 Å². The van der Waals surface area contributed by atoms with Crippen molar-refractivity contribution >= 4 is 17.8 Å². The zero-order valence-corrected chi connectivity index (χ0v) is 11.4. The third kappa shape index (κ3) is 3.79. The molecule has 4 N–H and O–H groups in total. The summed E-state index contributed by atoms with van der Waals surface area (Å²) in [5.41, 5.74) is 0.404. The van der Waals surface area contributed by atoms with Gasteiger partial charge in [-0.2, -0.15) is 0 Å². The fourth-order valence-corrected chi connectivity index (χ4v) is 2.09. The number of piperazine rings is 1. The average Bonchev–Trinajstić information content (AvgIpc) is 2.49. The molecule has 0 spiro atoms. The van der Waals surface area contributed by atoms with Gasteiger partial charge in [-0.1, -0.05) is 6.07 Å². The Balaban J connectivity index is 2.15. The van der Waals surface area contributed by atoms with Crippen molar-refractivity contribution in [2.24, 2.45) is 0 Å². The summed E-state index contributed by atoms with van der Waals surface area (Å²) >= 11 is 0. The van der Waals surface area contributed by atoms with Crippen LogP contribution in [0.3, 0.4) is 0 Å². The highest BCUT2D eigenvalue weighted by molar-refractivity contribution is 6.05. The van der Waals surface area contributed by atoms with E-state index >= 15 is 0 Å². The number of amides is 1. The van der Waals surface area contributed by atoms with E-state index in [-0.39, 0.29) is 11.4 Å². The van der Waals surface area contributed by atoms with Gasteiger partial charge in [0.1, 0.15) is 11.5 Å². The Morgan fingerprint density at radius 3 is 2.76 bits per heavy atom. The molecule has 1 aromatic rings. The van der Waals surface area contributed by atoms with Crippen LogP contribution >= 0.6 is 0 Å². The number of carbonyl (C=O) groups is 1. The highest BCUT2D eigenvalue weighted by Crippen LogP contribution is 2.13. The van der Waals surface area contributed by atoms with E-state index < -0.39 is 17.5 Å². The SMILES string of the molecule is N=C/C(=C(/O)C(=O)Nc1cccc(F)c1)N1CCNCC1. The number of hydrogen-bond acceptors (Lipinski definition) is 5. The molecule has 0 aromatic heterocycles. The third-order valence-electron chi connectivity index (χ3n) is 3.13. The minimum Gasteiger partial charge on any atom is -0.502 e. The second-order valence-electron chi connectivity index (χ2n) is 4.58. The van der Waals surface area contributed by atoms with Gasteiger partial charge in [0, 0.05) is 38.1 Å². The van der Waals surface area contributed by atoms with Crippen molar-refractivity contribution < 1.29 is 14.3 Å². The molecule has 1 aliphatic heterocycles. The van der Waals surface area contributed by atoms with Crippen LogP contribution < -0.4 is 10.6 Å². The van der Waals surface area contributed by atoms with Crippen molar-refractivity contribution in [3.63, 3.8) is 0 Å². The molecule has 0 unspecified atom stereocenters. The quantitative estimate of drug-likeness (QED) is 0.380. The summed E-state index contributed by atoms with van der Waals surface area (Å²) in [5, 5.41) is 23.0. The summed E-state index contributed by atoms with van der Waals surface area (Å²) in [6, 6.07) is 5.39. The second-order valence-corrected chi connectivity index (χ2v) is 4.58. The first-order valence-electron chi connectivity index (χ1n) is 6.58. The molecule has 1 saturated heterocycles. The maximum atomic E-state index is 13.1. The van der Waals surface area contributed by atoms with E-state index in [1.54, 1.807) is 4.90 Å². The number of allylic oxidation sites excluding steroid dienone is 1. The average molecular weight is 292 g/mol. The van der Waals surface area contributed by atoms with Gasteiger partial charge >= 0.3 is 0 Å². The predicted molar refractivity (Wildman–Crippen MR) is 77.9 cm³/mol. The van der Waals surface area contributed by atoms with Crippen molar-refractivity contribution in [2.75, 3.05) is 31.5 Å². The Hall–Kier alpha value is -2.41. The van der Waals surface area contributed by atoms with E-state index in [1.807, 2.05) is 0 Å². The number of carbonyl (C=O) groups excluding carboxylic acids is 1. The largest absolute Gasteiger partial charge is 0.502 e. The van der Waals surface area contributed by atoms with Crippen molar-refractivity contribution in [3.8, 4) is 0 Å². The van der Waals surface area contributed by atoms with Crippen molar-refractivity contribution in [2.45, 2.75) is 0 Å². The lowest BCUT2D eigenvalue weighted by atomic mass is 10.2. The molecule has 21 heavy (non-hydrogen) atoms. The van der Waals surface area contributed by atoms with Gasteiger partial charge in [0.05, 0.1) is 0 Å². The van der Waals surface area contributed by atoms with Gasteiger partial charge in [-0.25, -0.2) is 4.39 Å². The molecule has 0 bridgehead atoms. The van der Waals surface area contributed by atoms with Crippen LogP contribution in [-0.2, 0) is 4.79 Å². The molecule has 1 aliphatic rings.